The zero-order valence-electron chi connectivity index (χ0n) is 12.3. The number of benzene rings is 1. The summed E-state index contributed by atoms with van der Waals surface area (Å²) in [5.74, 6) is 0.155. The van der Waals surface area contributed by atoms with Crippen LogP contribution >= 0.6 is 0 Å². The minimum Gasteiger partial charge on any atom is -0.451 e. The molecule has 1 saturated heterocycles. The van der Waals surface area contributed by atoms with Crippen molar-refractivity contribution in [1.82, 2.24) is 5.32 Å². The van der Waals surface area contributed by atoms with Gasteiger partial charge in [0.2, 0.25) is 0 Å². The quantitative estimate of drug-likeness (QED) is 0.941. The van der Waals surface area contributed by atoms with E-state index in [1.807, 2.05) is 32.0 Å². The monoisotopic (exact) mass is 289 g/mol. The van der Waals surface area contributed by atoms with Crippen LogP contribution in [0.25, 0.3) is 11.0 Å². The molecule has 0 spiro atoms. The molecule has 5 nitrogen and oxygen atoms in total. The van der Waals surface area contributed by atoms with Gasteiger partial charge in [0.25, 0.3) is 5.91 Å². The molecule has 1 aliphatic heterocycles. The normalized spacial score (nSPS) is 18.9. The number of carbonyl (C=O) groups is 1. The van der Waals surface area contributed by atoms with Crippen molar-refractivity contribution in [3.63, 3.8) is 0 Å². The Bertz CT molecular complexity index is 656. The third-order valence-corrected chi connectivity index (χ3v) is 3.67. The van der Waals surface area contributed by atoms with Gasteiger partial charge >= 0.3 is 0 Å². The molecule has 0 saturated carbocycles. The number of fused-ring (bicyclic) bond motifs is 1. The molecule has 1 fully saturated rings. The second-order valence-electron chi connectivity index (χ2n) is 5.33. The molecule has 2 heterocycles. The van der Waals surface area contributed by atoms with Gasteiger partial charge in [0.15, 0.2) is 5.76 Å². The molecule has 1 aromatic carbocycles. The summed E-state index contributed by atoms with van der Waals surface area (Å²) in [5.41, 5.74) is 2.75. The number of hydrogen-bond acceptors (Lipinski definition) is 4. The number of ether oxygens (including phenoxy) is 2. The highest BCUT2D eigenvalue weighted by Gasteiger charge is 2.20. The van der Waals surface area contributed by atoms with Crippen LogP contribution < -0.4 is 5.32 Å². The summed E-state index contributed by atoms with van der Waals surface area (Å²) in [6.07, 6.45) is -0.0883. The Balaban J connectivity index is 1.73. The van der Waals surface area contributed by atoms with Gasteiger partial charge in [-0.2, -0.15) is 0 Å². The highest BCUT2D eigenvalue weighted by molar-refractivity contribution is 5.99. The van der Waals surface area contributed by atoms with E-state index in [1.54, 1.807) is 0 Å². The van der Waals surface area contributed by atoms with E-state index in [2.05, 4.69) is 5.32 Å². The average molecular weight is 289 g/mol. The molecule has 112 valence electrons. The smallest absolute Gasteiger partial charge is 0.287 e. The summed E-state index contributed by atoms with van der Waals surface area (Å²) >= 11 is 0. The number of rotatable bonds is 3. The Morgan fingerprint density at radius 3 is 2.95 bits per heavy atom. The first kappa shape index (κ1) is 14.1. The second kappa shape index (κ2) is 5.87. The van der Waals surface area contributed by atoms with E-state index in [0.717, 1.165) is 22.1 Å². The van der Waals surface area contributed by atoms with Crippen LogP contribution in [-0.4, -0.2) is 38.4 Å². The van der Waals surface area contributed by atoms with Crippen molar-refractivity contribution in [2.24, 2.45) is 0 Å². The molecule has 0 bridgehead atoms. The molecular weight excluding hydrogens is 270 g/mol. The lowest BCUT2D eigenvalue weighted by Crippen LogP contribution is -2.39. The minimum atomic E-state index is -0.212. The molecule has 1 unspecified atom stereocenters. The topological polar surface area (TPSA) is 60.7 Å². The highest BCUT2D eigenvalue weighted by atomic mass is 16.6. The van der Waals surface area contributed by atoms with Crippen molar-refractivity contribution in [3.8, 4) is 0 Å². The maximum Gasteiger partial charge on any atom is 0.287 e. The van der Waals surface area contributed by atoms with Crippen LogP contribution in [0, 0.1) is 13.8 Å². The predicted octanol–water partition coefficient (Wildman–Crippen LogP) is 2.19. The predicted molar refractivity (Wildman–Crippen MR) is 78.6 cm³/mol. The van der Waals surface area contributed by atoms with Crippen LogP contribution in [0.2, 0.25) is 0 Å². The van der Waals surface area contributed by atoms with Crippen LogP contribution in [0.4, 0.5) is 0 Å². The molecule has 5 heteroatoms. The molecule has 3 rings (SSSR count). The molecule has 0 radical (unpaired) electrons. The molecule has 0 aliphatic carbocycles. The summed E-state index contributed by atoms with van der Waals surface area (Å²) in [6, 6.07) is 5.90. The lowest BCUT2D eigenvalue weighted by atomic mass is 10.1. The van der Waals surface area contributed by atoms with Crippen molar-refractivity contribution in [3.05, 3.63) is 35.1 Å². The van der Waals surface area contributed by atoms with E-state index in [1.165, 1.54) is 0 Å². The van der Waals surface area contributed by atoms with Crippen LogP contribution in [0.3, 0.4) is 0 Å². The first-order valence-corrected chi connectivity index (χ1v) is 7.12. The molecule has 1 aliphatic rings. The van der Waals surface area contributed by atoms with Crippen molar-refractivity contribution in [2.75, 3.05) is 26.4 Å². The first-order valence-electron chi connectivity index (χ1n) is 7.12. The van der Waals surface area contributed by atoms with E-state index < -0.39 is 0 Å². The van der Waals surface area contributed by atoms with E-state index in [4.69, 9.17) is 13.9 Å². The summed E-state index contributed by atoms with van der Waals surface area (Å²) in [4.78, 5) is 12.3. The molecule has 1 atom stereocenters. The van der Waals surface area contributed by atoms with Gasteiger partial charge in [-0.05, 0) is 26.0 Å². The fourth-order valence-electron chi connectivity index (χ4n) is 2.49. The Hall–Kier alpha value is -1.85. The zero-order valence-corrected chi connectivity index (χ0v) is 12.3. The molecule has 2 aromatic rings. The largest absolute Gasteiger partial charge is 0.451 e. The number of aryl methyl sites for hydroxylation is 2. The number of furan rings is 1. The zero-order chi connectivity index (χ0) is 14.8. The van der Waals surface area contributed by atoms with Gasteiger partial charge in [-0.3, -0.25) is 4.79 Å². The first-order chi connectivity index (χ1) is 10.1. The van der Waals surface area contributed by atoms with Gasteiger partial charge in [-0.15, -0.1) is 0 Å². The van der Waals surface area contributed by atoms with E-state index in [0.29, 0.717) is 32.1 Å². The standard InChI is InChI=1S/C16H19NO4/c1-10-3-4-14-13(7-10)11(2)15(21-14)16(18)17-8-12-9-19-5-6-20-12/h3-4,7,12H,5-6,8-9H2,1-2H3,(H,17,18). The summed E-state index contributed by atoms with van der Waals surface area (Å²) in [7, 11) is 0. The van der Waals surface area contributed by atoms with Crippen LogP contribution in [0.15, 0.2) is 22.6 Å². The molecule has 1 N–H and O–H groups in total. The van der Waals surface area contributed by atoms with Crippen molar-refractivity contribution in [1.29, 1.82) is 0 Å². The van der Waals surface area contributed by atoms with Crippen LogP contribution in [0.1, 0.15) is 21.7 Å². The number of hydrogen-bond donors (Lipinski definition) is 1. The maximum atomic E-state index is 12.3. The summed E-state index contributed by atoms with van der Waals surface area (Å²) in [6.45, 7) is 6.05. The van der Waals surface area contributed by atoms with Gasteiger partial charge in [0, 0.05) is 17.5 Å². The lowest BCUT2D eigenvalue weighted by molar-refractivity contribution is -0.0856. The number of carbonyl (C=O) groups excluding carboxylic acids is 1. The van der Waals surface area contributed by atoms with Crippen LogP contribution in [-0.2, 0) is 9.47 Å². The third kappa shape index (κ3) is 2.94. The van der Waals surface area contributed by atoms with Crippen molar-refractivity contribution >= 4 is 16.9 Å². The van der Waals surface area contributed by atoms with E-state index >= 15 is 0 Å². The summed E-state index contributed by atoms with van der Waals surface area (Å²) < 4.78 is 16.5. The van der Waals surface area contributed by atoms with E-state index in [-0.39, 0.29) is 12.0 Å². The van der Waals surface area contributed by atoms with Gasteiger partial charge in [-0.1, -0.05) is 11.6 Å². The van der Waals surface area contributed by atoms with Crippen molar-refractivity contribution < 1.29 is 18.7 Å². The fourth-order valence-corrected chi connectivity index (χ4v) is 2.49. The van der Waals surface area contributed by atoms with E-state index in [9.17, 15) is 4.79 Å². The minimum absolute atomic E-state index is 0.0883. The molecule has 1 amide bonds. The molecular formula is C16H19NO4. The Morgan fingerprint density at radius 2 is 2.19 bits per heavy atom. The second-order valence-corrected chi connectivity index (χ2v) is 5.33. The van der Waals surface area contributed by atoms with Gasteiger partial charge in [-0.25, -0.2) is 0 Å². The third-order valence-electron chi connectivity index (χ3n) is 3.67. The molecule has 1 aromatic heterocycles. The fraction of sp³-hybridized carbons (Fsp3) is 0.438. The lowest BCUT2D eigenvalue weighted by Gasteiger charge is -2.22. The number of amides is 1. The van der Waals surface area contributed by atoms with Crippen LogP contribution in [0.5, 0.6) is 0 Å². The van der Waals surface area contributed by atoms with Crippen molar-refractivity contribution in [2.45, 2.75) is 20.0 Å². The number of nitrogens with one attached hydrogen (secondary N) is 1. The SMILES string of the molecule is Cc1ccc2oc(C(=O)NCC3COCCO3)c(C)c2c1. The van der Waals surface area contributed by atoms with Gasteiger partial charge in [0.05, 0.1) is 25.9 Å². The van der Waals surface area contributed by atoms with Gasteiger partial charge in [0.1, 0.15) is 5.58 Å². The maximum absolute atomic E-state index is 12.3. The Morgan fingerprint density at radius 1 is 1.33 bits per heavy atom. The highest BCUT2D eigenvalue weighted by Crippen LogP contribution is 2.26. The average Bonchev–Trinajstić information content (AvgIpc) is 2.83. The van der Waals surface area contributed by atoms with Gasteiger partial charge < -0.3 is 19.2 Å². The Labute approximate surface area is 123 Å². The Kier molecular flexibility index (Phi) is 3.94. The summed E-state index contributed by atoms with van der Waals surface area (Å²) in [5, 5.41) is 3.83. The molecule has 21 heavy (non-hydrogen) atoms.